The van der Waals surface area contributed by atoms with Crippen LogP contribution in [0.3, 0.4) is 0 Å². The van der Waals surface area contributed by atoms with Gasteiger partial charge in [0.1, 0.15) is 0 Å². The summed E-state index contributed by atoms with van der Waals surface area (Å²) in [6.45, 7) is 4.94. The van der Waals surface area contributed by atoms with Crippen LogP contribution in [0.2, 0.25) is 0 Å². The Balaban J connectivity index is 2.15. The number of thioether (sulfide) groups is 1. The van der Waals surface area contributed by atoms with Gasteiger partial charge in [0, 0.05) is 11.8 Å². The van der Waals surface area contributed by atoms with Crippen LogP contribution < -0.4 is 5.69 Å². The Kier molecular flexibility index (Phi) is 4.70. The predicted octanol–water partition coefficient (Wildman–Crippen LogP) is 2.40. The van der Waals surface area contributed by atoms with Crippen LogP contribution in [0.1, 0.15) is 39.5 Å². The SMILES string of the molecule is CCCn1c(SC2CC(C)CCC2C#N)n[nH]c1=O. The molecule has 1 aliphatic rings. The summed E-state index contributed by atoms with van der Waals surface area (Å²) in [6, 6.07) is 2.41. The summed E-state index contributed by atoms with van der Waals surface area (Å²) in [5, 5.41) is 16.8. The minimum absolute atomic E-state index is 0.0723. The average molecular weight is 280 g/mol. The zero-order valence-electron chi connectivity index (χ0n) is 11.4. The van der Waals surface area contributed by atoms with Crippen LogP contribution in [-0.2, 0) is 6.54 Å². The van der Waals surface area contributed by atoms with Crippen LogP contribution in [0.4, 0.5) is 0 Å². The second kappa shape index (κ2) is 6.29. The highest BCUT2D eigenvalue weighted by Gasteiger charge is 2.30. The van der Waals surface area contributed by atoms with E-state index in [0.29, 0.717) is 12.5 Å². The van der Waals surface area contributed by atoms with Crippen molar-refractivity contribution in [3.05, 3.63) is 10.5 Å². The highest BCUT2D eigenvalue weighted by atomic mass is 32.2. The van der Waals surface area contributed by atoms with E-state index in [1.54, 1.807) is 16.3 Å². The molecule has 19 heavy (non-hydrogen) atoms. The summed E-state index contributed by atoms with van der Waals surface area (Å²) in [5.41, 5.74) is -0.151. The molecule has 3 unspecified atom stereocenters. The Morgan fingerprint density at radius 3 is 3.05 bits per heavy atom. The zero-order chi connectivity index (χ0) is 13.8. The van der Waals surface area contributed by atoms with Crippen LogP contribution in [-0.4, -0.2) is 20.0 Å². The second-order valence-electron chi connectivity index (χ2n) is 5.27. The van der Waals surface area contributed by atoms with Crippen molar-refractivity contribution in [1.29, 1.82) is 5.26 Å². The van der Waals surface area contributed by atoms with Crippen LogP contribution >= 0.6 is 11.8 Å². The third-order valence-corrected chi connectivity index (χ3v) is 4.99. The van der Waals surface area contributed by atoms with E-state index in [-0.39, 0.29) is 16.9 Å². The number of rotatable bonds is 4. The number of hydrogen-bond donors (Lipinski definition) is 1. The van der Waals surface area contributed by atoms with Crippen molar-refractivity contribution in [3.8, 4) is 6.07 Å². The fourth-order valence-corrected chi connectivity index (χ4v) is 4.01. The lowest BCUT2D eigenvalue weighted by Crippen LogP contribution is -2.26. The third-order valence-electron chi connectivity index (χ3n) is 3.65. The molecular weight excluding hydrogens is 260 g/mol. The lowest BCUT2D eigenvalue weighted by atomic mass is 9.83. The molecule has 6 heteroatoms. The van der Waals surface area contributed by atoms with Crippen LogP contribution in [0.5, 0.6) is 0 Å². The second-order valence-corrected chi connectivity index (χ2v) is 6.48. The van der Waals surface area contributed by atoms with E-state index in [1.165, 1.54) is 0 Å². The Labute approximate surface area is 117 Å². The van der Waals surface area contributed by atoms with Gasteiger partial charge in [0.2, 0.25) is 0 Å². The van der Waals surface area contributed by atoms with Crippen molar-refractivity contribution in [2.75, 3.05) is 0 Å². The molecular formula is C13H20N4OS. The highest BCUT2D eigenvalue weighted by Crippen LogP contribution is 2.38. The van der Waals surface area contributed by atoms with Gasteiger partial charge >= 0.3 is 5.69 Å². The summed E-state index contributed by atoms with van der Waals surface area (Å²) in [6.07, 6.45) is 4.00. The van der Waals surface area contributed by atoms with Crippen molar-refractivity contribution in [1.82, 2.24) is 14.8 Å². The van der Waals surface area contributed by atoms with Gasteiger partial charge < -0.3 is 0 Å². The number of nitrogens with one attached hydrogen (secondary N) is 1. The fourth-order valence-electron chi connectivity index (χ4n) is 2.56. The molecule has 0 amide bonds. The van der Waals surface area contributed by atoms with E-state index in [0.717, 1.165) is 30.8 Å². The first-order valence-corrected chi connectivity index (χ1v) is 7.75. The van der Waals surface area contributed by atoms with Gasteiger partial charge in [-0.1, -0.05) is 25.6 Å². The molecule has 1 aromatic heterocycles. The maximum absolute atomic E-state index is 11.7. The summed E-state index contributed by atoms with van der Waals surface area (Å²) in [5.74, 6) is 0.718. The van der Waals surface area contributed by atoms with Gasteiger partial charge in [-0.15, -0.1) is 5.10 Å². The molecule has 0 spiro atoms. The van der Waals surface area contributed by atoms with E-state index in [4.69, 9.17) is 0 Å². The molecule has 104 valence electrons. The van der Waals surface area contributed by atoms with E-state index < -0.39 is 0 Å². The molecule has 0 saturated heterocycles. The van der Waals surface area contributed by atoms with Crippen molar-refractivity contribution < 1.29 is 0 Å². The van der Waals surface area contributed by atoms with E-state index in [2.05, 4.69) is 23.2 Å². The Morgan fingerprint density at radius 2 is 2.37 bits per heavy atom. The molecule has 1 N–H and O–H groups in total. The number of hydrogen-bond acceptors (Lipinski definition) is 4. The van der Waals surface area contributed by atoms with E-state index >= 15 is 0 Å². The van der Waals surface area contributed by atoms with E-state index in [1.807, 2.05) is 6.92 Å². The first-order valence-electron chi connectivity index (χ1n) is 6.87. The number of nitrogens with zero attached hydrogens (tertiary/aromatic N) is 3. The minimum atomic E-state index is -0.151. The maximum atomic E-state index is 11.7. The van der Waals surface area contributed by atoms with Crippen LogP contribution in [0.25, 0.3) is 0 Å². The normalized spacial score (nSPS) is 27.1. The molecule has 1 saturated carbocycles. The first kappa shape index (κ1) is 14.2. The average Bonchev–Trinajstić information content (AvgIpc) is 2.72. The van der Waals surface area contributed by atoms with E-state index in [9.17, 15) is 10.1 Å². The maximum Gasteiger partial charge on any atom is 0.343 e. The van der Waals surface area contributed by atoms with Crippen LogP contribution in [0, 0.1) is 23.2 Å². The topological polar surface area (TPSA) is 74.5 Å². The van der Waals surface area contributed by atoms with Crippen molar-refractivity contribution in [3.63, 3.8) is 0 Å². The lowest BCUT2D eigenvalue weighted by Gasteiger charge is -2.29. The highest BCUT2D eigenvalue weighted by molar-refractivity contribution is 7.99. The van der Waals surface area contributed by atoms with Gasteiger partial charge in [-0.05, 0) is 31.6 Å². The number of nitriles is 1. The van der Waals surface area contributed by atoms with Crippen molar-refractivity contribution in [2.24, 2.45) is 11.8 Å². The van der Waals surface area contributed by atoms with Gasteiger partial charge in [0.25, 0.3) is 0 Å². The minimum Gasteiger partial charge on any atom is -0.270 e. The molecule has 1 heterocycles. The fraction of sp³-hybridized carbons (Fsp3) is 0.769. The molecule has 3 atom stereocenters. The Bertz CT molecular complexity index is 515. The van der Waals surface area contributed by atoms with Crippen molar-refractivity contribution in [2.45, 2.75) is 56.5 Å². The molecule has 1 aromatic rings. The van der Waals surface area contributed by atoms with Gasteiger partial charge in [-0.3, -0.25) is 4.57 Å². The summed E-state index contributed by atoms with van der Waals surface area (Å²) in [7, 11) is 0. The smallest absolute Gasteiger partial charge is 0.270 e. The number of aromatic nitrogens is 3. The molecule has 5 nitrogen and oxygen atoms in total. The number of aromatic amines is 1. The zero-order valence-corrected chi connectivity index (χ0v) is 12.2. The Morgan fingerprint density at radius 1 is 1.58 bits per heavy atom. The lowest BCUT2D eigenvalue weighted by molar-refractivity contribution is 0.345. The Hall–Kier alpha value is -1.22. The van der Waals surface area contributed by atoms with Crippen LogP contribution in [0.15, 0.2) is 9.95 Å². The number of H-pyrrole nitrogens is 1. The molecule has 1 fully saturated rings. The molecule has 1 aliphatic carbocycles. The van der Waals surface area contributed by atoms with Gasteiger partial charge in [-0.25, -0.2) is 9.89 Å². The standard InChI is InChI=1S/C13H20N4OS/c1-3-6-17-12(18)15-16-13(17)19-11-7-9(2)4-5-10(11)8-14/h9-11H,3-7H2,1-2H3,(H,15,18). The molecule has 0 bridgehead atoms. The third kappa shape index (κ3) is 3.21. The van der Waals surface area contributed by atoms with Gasteiger partial charge in [-0.2, -0.15) is 5.26 Å². The van der Waals surface area contributed by atoms with Gasteiger partial charge in [0.05, 0.1) is 12.0 Å². The largest absolute Gasteiger partial charge is 0.343 e. The molecule has 0 aromatic carbocycles. The molecule has 0 aliphatic heterocycles. The summed E-state index contributed by atoms with van der Waals surface area (Å²) < 4.78 is 1.68. The molecule has 2 rings (SSSR count). The first-order chi connectivity index (χ1) is 9.15. The summed E-state index contributed by atoms with van der Waals surface area (Å²) >= 11 is 1.59. The monoisotopic (exact) mass is 280 g/mol. The molecule has 0 radical (unpaired) electrons. The quantitative estimate of drug-likeness (QED) is 0.919. The van der Waals surface area contributed by atoms with Gasteiger partial charge in [0.15, 0.2) is 5.16 Å². The summed E-state index contributed by atoms with van der Waals surface area (Å²) in [4.78, 5) is 11.7. The predicted molar refractivity (Wildman–Crippen MR) is 74.9 cm³/mol. The van der Waals surface area contributed by atoms with Crippen molar-refractivity contribution >= 4 is 11.8 Å².